The highest BCUT2D eigenvalue weighted by molar-refractivity contribution is 5.26. The van der Waals surface area contributed by atoms with Crippen LogP contribution in [0.15, 0.2) is 18.2 Å². The fourth-order valence-corrected chi connectivity index (χ4v) is 3.90. The number of hydrogen-bond donors (Lipinski definition) is 1. The van der Waals surface area contributed by atoms with Crippen LogP contribution in [0.25, 0.3) is 0 Å². The molecule has 1 saturated carbocycles. The molecule has 1 aromatic rings. The van der Waals surface area contributed by atoms with Gasteiger partial charge in [0.25, 0.3) is 0 Å². The predicted molar refractivity (Wildman–Crippen MR) is 77.9 cm³/mol. The van der Waals surface area contributed by atoms with Gasteiger partial charge in [0.05, 0.1) is 5.60 Å². The van der Waals surface area contributed by atoms with E-state index < -0.39 is 0 Å². The maximum atomic E-state index is 14.1. The van der Waals surface area contributed by atoms with Gasteiger partial charge >= 0.3 is 0 Å². The molecular formula is C17H24FNO. The first kappa shape index (κ1) is 14.0. The Hall–Kier alpha value is -0.930. The molecule has 110 valence electrons. The molecule has 2 unspecified atom stereocenters. The van der Waals surface area contributed by atoms with Crippen LogP contribution in [-0.4, -0.2) is 12.2 Å². The third-order valence-corrected chi connectivity index (χ3v) is 5.07. The number of benzene rings is 1. The lowest BCUT2D eigenvalue weighted by molar-refractivity contribution is -0.0965. The molecule has 1 spiro atoms. The zero-order valence-corrected chi connectivity index (χ0v) is 12.2. The molecule has 1 aromatic carbocycles. The average molecular weight is 277 g/mol. The second kappa shape index (κ2) is 5.45. The summed E-state index contributed by atoms with van der Waals surface area (Å²) in [6.45, 7) is 2.67. The quantitative estimate of drug-likeness (QED) is 0.890. The van der Waals surface area contributed by atoms with Gasteiger partial charge in [-0.2, -0.15) is 0 Å². The highest BCUT2D eigenvalue weighted by Gasteiger charge is 2.41. The minimum atomic E-state index is -0.211. The lowest BCUT2D eigenvalue weighted by Crippen LogP contribution is -2.40. The summed E-state index contributed by atoms with van der Waals surface area (Å²) < 4.78 is 20.2. The van der Waals surface area contributed by atoms with Crippen LogP contribution in [0, 0.1) is 18.7 Å². The Morgan fingerprint density at radius 2 is 2.10 bits per heavy atom. The molecule has 1 saturated heterocycles. The molecule has 2 fully saturated rings. The maximum Gasteiger partial charge on any atom is 0.128 e. The predicted octanol–water partition coefficient (Wildman–Crippen LogP) is 3.87. The van der Waals surface area contributed by atoms with Crippen LogP contribution in [0.2, 0.25) is 0 Å². The van der Waals surface area contributed by atoms with E-state index in [9.17, 15) is 4.39 Å². The van der Waals surface area contributed by atoms with Gasteiger partial charge in [-0.3, -0.25) is 0 Å². The van der Waals surface area contributed by atoms with Crippen LogP contribution in [0.4, 0.5) is 4.39 Å². The van der Waals surface area contributed by atoms with E-state index in [2.05, 4.69) is 0 Å². The summed E-state index contributed by atoms with van der Waals surface area (Å²) >= 11 is 0. The molecule has 3 rings (SSSR count). The van der Waals surface area contributed by atoms with E-state index in [4.69, 9.17) is 10.5 Å². The van der Waals surface area contributed by atoms with Crippen LogP contribution >= 0.6 is 0 Å². The van der Waals surface area contributed by atoms with Gasteiger partial charge < -0.3 is 10.5 Å². The molecule has 0 amide bonds. The maximum absolute atomic E-state index is 14.1. The summed E-state index contributed by atoms with van der Waals surface area (Å²) in [5, 5.41) is 0. The lowest BCUT2D eigenvalue weighted by Gasteiger charge is -2.40. The molecular weight excluding hydrogens is 253 g/mol. The van der Waals surface area contributed by atoms with E-state index >= 15 is 0 Å². The second-order valence-electron chi connectivity index (χ2n) is 6.54. The van der Waals surface area contributed by atoms with Gasteiger partial charge in [-0.1, -0.05) is 25.0 Å². The Labute approximate surface area is 120 Å². The Morgan fingerprint density at radius 1 is 1.35 bits per heavy atom. The van der Waals surface area contributed by atoms with Gasteiger partial charge in [0, 0.05) is 18.2 Å². The zero-order chi connectivity index (χ0) is 14.2. The summed E-state index contributed by atoms with van der Waals surface area (Å²) in [6, 6.07) is 5.17. The van der Waals surface area contributed by atoms with E-state index in [1.807, 2.05) is 19.1 Å². The Balaban J connectivity index is 1.77. The van der Waals surface area contributed by atoms with Crippen molar-refractivity contribution in [3.63, 3.8) is 0 Å². The van der Waals surface area contributed by atoms with Crippen molar-refractivity contribution in [1.29, 1.82) is 0 Å². The summed E-state index contributed by atoms with van der Waals surface area (Å²) in [7, 11) is 0. The van der Waals surface area contributed by atoms with Crippen LogP contribution in [0.3, 0.4) is 0 Å². The topological polar surface area (TPSA) is 35.2 Å². The van der Waals surface area contributed by atoms with E-state index in [0.717, 1.165) is 37.9 Å². The first-order valence-corrected chi connectivity index (χ1v) is 7.75. The third-order valence-electron chi connectivity index (χ3n) is 5.07. The van der Waals surface area contributed by atoms with Crippen LogP contribution in [0.1, 0.15) is 55.7 Å². The van der Waals surface area contributed by atoms with Gasteiger partial charge in [0.2, 0.25) is 0 Å². The number of aryl methyl sites for hydroxylation is 1. The van der Waals surface area contributed by atoms with Crippen LogP contribution < -0.4 is 5.73 Å². The summed E-state index contributed by atoms with van der Waals surface area (Å²) in [4.78, 5) is 0. The van der Waals surface area contributed by atoms with Crippen LogP contribution in [0.5, 0.6) is 0 Å². The number of nitrogens with two attached hydrogens (primary N) is 1. The van der Waals surface area contributed by atoms with Crippen LogP contribution in [-0.2, 0) is 4.74 Å². The minimum Gasteiger partial charge on any atom is -0.375 e. The molecule has 3 heteroatoms. The molecule has 1 heterocycles. The first-order valence-electron chi connectivity index (χ1n) is 7.75. The normalized spacial score (nSPS) is 26.9. The van der Waals surface area contributed by atoms with E-state index in [1.165, 1.54) is 12.8 Å². The Bertz CT molecular complexity index is 482. The third kappa shape index (κ3) is 2.61. The second-order valence-corrected chi connectivity index (χ2v) is 6.54. The van der Waals surface area contributed by atoms with Crippen molar-refractivity contribution >= 4 is 0 Å². The van der Waals surface area contributed by atoms with Gasteiger partial charge in [-0.15, -0.1) is 0 Å². The lowest BCUT2D eigenvalue weighted by atomic mass is 9.79. The number of hydrogen-bond acceptors (Lipinski definition) is 2. The average Bonchev–Trinajstić information content (AvgIpc) is 2.86. The van der Waals surface area contributed by atoms with Gasteiger partial charge in [0.1, 0.15) is 5.82 Å². The molecule has 2 aliphatic rings. The van der Waals surface area contributed by atoms with Gasteiger partial charge in [-0.05, 0) is 50.2 Å². The standard InChI is InChI=1S/C17H24FNO/c1-12-4-5-14(15(18)10-12)16(19)13-6-9-20-17(11-13)7-2-3-8-17/h4-5,10,13,16H,2-3,6-9,11,19H2,1H3. The largest absolute Gasteiger partial charge is 0.375 e. The molecule has 1 aliphatic heterocycles. The number of rotatable bonds is 2. The number of ether oxygens (including phenoxy) is 1. The molecule has 0 radical (unpaired) electrons. The SMILES string of the molecule is Cc1ccc(C(N)C2CCOC3(CCCC3)C2)c(F)c1. The zero-order valence-electron chi connectivity index (χ0n) is 12.2. The molecule has 1 aliphatic carbocycles. The molecule has 2 N–H and O–H groups in total. The van der Waals surface area contributed by atoms with Crippen molar-refractivity contribution in [2.75, 3.05) is 6.61 Å². The van der Waals surface area contributed by atoms with Crippen molar-refractivity contribution in [2.45, 2.75) is 57.1 Å². The fraction of sp³-hybridized carbons (Fsp3) is 0.647. The van der Waals surface area contributed by atoms with Crippen molar-refractivity contribution in [3.8, 4) is 0 Å². The Kier molecular flexibility index (Phi) is 3.83. The van der Waals surface area contributed by atoms with E-state index in [0.29, 0.717) is 11.5 Å². The van der Waals surface area contributed by atoms with Crippen molar-refractivity contribution in [2.24, 2.45) is 11.7 Å². The molecule has 2 nitrogen and oxygen atoms in total. The highest BCUT2D eigenvalue weighted by atomic mass is 19.1. The number of halogens is 1. The summed E-state index contributed by atoms with van der Waals surface area (Å²) in [6.07, 6.45) is 6.72. The van der Waals surface area contributed by atoms with E-state index in [-0.39, 0.29) is 17.5 Å². The summed E-state index contributed by atoms with van der Waals surface area (Å²) in [5.74, 6) is 0.170. The van der Waals surface area contributed by atoms with Crippen molar-refractivity contribution in [3.05, 3.63) is 35.1 Å². The molecule has 20 heavy (non-hydrogen) atoms. The van der Waals surface area contributed by atoms with Crippen molar-refractivity contribution in [1.82, 2.24) is 0 Å². The summed E-state index contributed by atoms with van der Waals surface area (Å²) in [5.41, 5.74) is 8.02. The minimum absolute atomic E-state index is 0.0434. The fourth-order valence-electron chi connectivity index (χ4n) is 3.90. The molecule has 0 aromatic heterocycles. The van der Waals surface area contributed by atoms with Gasteiger partial charge in [-0.25, -0.2) is 4.39 Å². The van der Waals surface area contributed by atoms with Crippen molar-refractivity contribution < 1.29 is 9.13 Å². The first-order chi connectivity index (χ1) is 9.60. The van der Waals surface area contributed by atoms with E-state index in [1.54, 1.807) is 6.07 Å². The smallest absolute Gasteiger partial charge is 0.128 e. The highest BCUT2D eigenvalue weighted by Crippen LogP contribution is 2.45. The Morgan fingerprint density at radius 3 is 2.80 bits per heavy atom. The molecule has 2 atom stereocenters. The monoisotopic (exact) mass is 277 g/mol. The molecule has 0 bridgehead atoms. The van der Waals surface area contributed by atoms with Gasteiger partial charge in [0.15, 0.2) is 0 Å².